The van der Waals surface area contributed by atoms with Crippen molar-refractivity contribution in [1.29, 1.82) is 0 Å². The lowest BCUT2D eigenvalue weighted by Gasteiger charge is -2.17. The zero-order valence-electron chi connectivity index (χ0n) is 12.1. The van der Waals surface area contributed by atoms with Gasteiger partial charge in [0.25, 0.3) is 0 Å². The second-order valence-electron chi connectivity index (χ2n) is 4.71. The van der Waals surface area contributed by atoms with Crippen molar-refractivity contribution in [1.82, 2.24) is 10.3 Å². The fraction of sp³-hybridized carbons (Fsp3) is 0.250. The molecule has 1 amide bonds. The van der Waals surface area contributed by atoms with E-state index in [0.29, 0.717) is 5.69 Å². The summed E-state index contributed by atoms with van der Waals surface area (Å²) in [5, 5.41) is 3.02. The van der Waals surface area contributed by atoms with E-state index in [9.17, 15) is 9.18 Å². The summed E-state index contributed by atoms with van der Waals surface area (Å²) in [6.45, 7) is 0.272. The molecule has 22 heavy (non-hydrogen) atoms. The summed E-state index contributed by atoms with van der Waals surface area (Å²) in [5.74, 6) is -0.844. The van der Waals surface area contributed by atoms with E-state index in [0.717, 1.165) is 0 Å². The van der Waals surface area contributed by atoms with Gasteiger partial charge in [-0.05, 0) is 24.3 Å². The predicted octanol–water partition coefficient (Wildman–Crippen LogP) is 2.92. The fourth-order valence-corrected chi connectivity index (χ4v) is 2.29. The molecule has 0 radical (unpaired) electrons. The van der Waals surface area contributed by atoms with E-state index in [1.54, 1.807) is 24.4 Å². The molecule has 0 spiro atoms. The summed E-state index contributed by atoms with van der Waals surface area (Å²) in [6, 6.07) is 9.34. The Morgan fingerprint density at radius 2 is 2.18 bits per heavy atom. The number of benzene rings is 1. The van der Waals surface area contributed by atoms with Crippen molar-refractivity contribution in [2.24, 2.45) is 0 Å². The van der Waals surface area contributed by atoms with Gasteiger partial charge in [-0.2, -0.15) is 0 Å². The molecule has 0 aliphatic heterocycles. The van der Waals surface area contributed by atoms with Gasteiger partial charge in [0.1, 0.15) is 5.82 Å². The molecule has 0 saturated carbocycles. The molecule has 0 saturated heterocycles. The van der Waals surface area contributed by atoms with Gasteiger partial charge in [0, 0.05) is 23.9 Å². The summed E-state index contributed by atoms with van der Waals surface area (Å²) in [4.78, 5) is 16.4. The fourth-order valence-electron chi connectivity index (χ4n) is 2.06. The summed E-state index contributed by atoms with van der Waals surface area (Å²) in [7, 11) is 1.54. The number of methoxy groups -OCH3 is 1. The number of halogens is 2. The molecular formula is C16H16ClFN2O2. The smallest absolute Gasteiger partial charge is 0.225 e. The summed E-state index contributed by atoms with van der Waals surface area (Å²) in [6.07, 6.45) is 1.50. The van der Waals surface area contributed by atoms with E-state index in [1.807, 2.05) is 6.07 Å². The Bertz CT molecular complexity index is 617. The zero-order chi connectivity index (χ0) is 15.9. The molecule has 2 aromatic rings. The summed E-state index contributed by atoms with van der Waals surface area (Å²) in [5.41, 5.74) is 0.858. The van der Waals surface area contributed by atoms with Gasteiger partial charge < -0.3 is 10.1 Å². The van der Waals surface area contributed by atoms with Gasteiger partial charge in [-0.25, -0.2) is 4.39 Å². The Morgan fingerprint density at radius 1 is 1.36 bits per heavy atom. The summed E-state index contributed by atoms with van der Waals surface area (Å²) >= 11 is 5.93. The number of rotatable bonds is 6. The lowest BCUT2D eigenvalue weighted by molar-refractivity contribution is -0.121. The quantitative estimate of drug-likeness (QED) is 0.889. The Morgan fingerprint density at radius 3 is 2.82 bits per heavy atom. The minimum Gasteiger partial charge on any atom is -0.382 e. The Hall–Kier alpha value is -1.98. The van der Waals surface area contributed by atoms with Crippen LogP contribution in [0, 0.1) is 5.82 Å². The van der Waals surface area contributed by atoms with Crippen LogP contribution in [0.1, 0.15) is 17.3 Å². The van der Waals surface area contributed by atoms with Crippen molar-refractivity contribution in [2.75, 3.05) is 13.7 Å². The first-order valence-electron chi connectivity index (χ1n) is 6.74. The number of amides is 1. The van der Waals surface area contributed by atoms with E-state index in [1.165, 1.54) is 19.2 Å². The van der Waals surface area contributed by atoms with E-state index < -0.39 is 11.9 Å². The second kappa shape index (κ2) is 7.87. The van der Waals surface area contributed by atoms with Crippen molar-refractivity contribution >= 4 is 17.5 Å². The Kier molecular flexibility index (Phi) is 5.86. The third-order valence-electron chi connectivity index (χ3n) is 3.11. The molecule has 1 aromatic heterocycles. The minimum absolute atomic E-state index is 0.140. The zero-order valence-corrected chi connectivity index (χ0v) is 12.8. The molecule has 0 aliphatic rings. The molecule has 4 nitrogen and oxygen atoms in total. The van der Waals surface area contributed by atoms with E-state index in [2.05, 4.69) is 10.3 Å². The highest BCUT2D eigenvalue weighted by atomic mass is 35.5. The van der Waals surface area contributed by atoms with Crippen LogP contribution >= 0.6 is 11.6 Å². The molecule has 1 N–H and O–H groups in total. The molecule has 0 fully saturated rings. The number of carbonyl (C=O) groups excluding carboxylic acids is 1. The number of nitrogens with one attached hydrogen (secondary N) is 1. The largest absolute Gasteiger partial charge is 0.382 e. The third-order valence-corrected chi connectivity index (χ3v) is 3.47. The van der Waals surface area contributed by atoms with Crippen LogP contribution in [0.25, 0.3) is 0 Å². The van der Waals surface area contributed by atoms with Crippen molar-refractivity contribution in [2.45, 2.75) is 12.5 Å². The molecule has 2 rings (SSSR count). The monoisotopic (exact) mass is 322 g/mol. The molecule has 0 aliphatic carbocycles. The normalized spacial score (nSPS) is 12.0. The maximum atomic E-state index is 13.7. The third kappa shape index (κ3) is 4.26. The minimum atomic E-state index is -0.497. The Labute approximate surface area is 133 Å². The van der Waals surface area contributed by atoms with Gasteiger partial charge in [0.05, 0.1) is 24.8 Å². The lowest BCUT2D eigenvalue weighted by atomic mass is 10.1. The van der Waals surface area contributed by atoms with Crippen LogP contribution in [0.5, 0.6) is 0 Å². The van der Waals surface area contributed by atoms with Crippen molar-refractivity contribution in [3.05, 3.63) is 64.7 Å². The van der Waals surface area contributed by atoms with E-state index in [4.69, 9.17) is 16.3 Å². The number of hydrogen-bond acceptors (Lipinski definition) is 3. The highest BCUT2D eigenvalue weighted by molar-refractivity contribution is 6.31. The molecular weight excluding hydrogens is 307 g/mol. The van der Waals surface area contributed by atoms with E-state index in [-0.39, 0.29) is 29.5 Å². The molecule has 1 unspecified atom stereocenters. The Balaban J connectivity index is 2.09. The first-order valence-corrected chi connectivity index (χ1v) is 7.11. The number of pyridine rings is 1. The van der Waals surface area contributed by atoms with Gasteiger partial charge >= 0.3 is 0 Å². The summed E-state index contributed by atoms with van der Waals surface area (Å²) < 4.78 is 18.8. The molecule has 116 valence electrons. The average Bonchev–Trinajstić information content (AvgIpc) is 2.51. The number of aromatic nitrogens is 1. The van der Waals surface area contributed by atoms with Gasteiger partial charge in [0.15, 0.2) is 0 Å². The molecule has 6 heteroatoms. The number of nitrogens with zero attached hydrogens (tertiary/aromatic N) is 1. The van der Waals surface area contributed by atoms with Crippen molar-refractivity contribution in [3.63, 3.8) is 0 Å². The van der Waals surface area contributed by atoms with Gasteiger partial charge in [-0.1, -0.05) is 23.7 Å². The SMILES string of the molecule is COCC(NC(=O)Cc1c(F)cccc1Cl)c1ccccn1. The first kappa shape index (κ1) is 16.4. The number of ether oxygens (including phenoxy) is 1. The average molecular weight is 323 g/mol. The maximum absolute atomic E-state index is 13.7. The first-order chi connectivity index (χ1) is 10.6. The second-order valence-corrected chi connectivity index (χ2v) is 5.11. The highest BCUT2D eigenvalue weighted by Gasteiger charge is 2.18. The van der Waals surface area contributed by atoms with Crippen LogP contribution in [0.15, 0.2) is 42.6 Å². The van der Waals surface area contributed by atoms with Crippen LogP contribution in [0.3, 0.4) is 0 Å². The van der Waals surface area contributed by atoms with Crippen LogP contribution < -0.4 is 5.32 Å². The molecule has 0 bridgehead atoms. The lowest BCUT2D eigenvalue weighted by Crippen LogP contribution is -2.33. The number of carbonyl (C=O) groups is 1. The van der Waals surface area contributed by atoms with Gasteiger partial charge in [-0.15, -0.1) is 0 Å². The van der Waals surface area contributed by atoms with Crippen LogP contribution in [0.4, 0.5) is 4.39 Å². The van der Waals surface area contributed by atoms with Crippen LogP contribution in [0.2, 0.25) is 5.02 Å². The number of hydrogen-bond donors (Lipinski definition) is 1. The standard InChI is InChI=1S/C16H16ClFN2O2/c1-22-10-15(14-7-2-3-8-19-14)20-16(21)9-11-12(17)5-4-6-13(11)18/h2-8,15H,9-10H2,1H3,(H,20,21). The topological polar surface area (TPSA) is 51.2 Å². The highest BCUT2D eigenvalue weighted by Crippen LogP contribution is 2.20. The maximum Gasteiger partial charge on any atom is 0.225 e. The van der Waals surface area contributed by atoms with Crippen LogP contribution in [-0.4, -0.2) is 24.6 Å². The van der Waals surface area contributed by atoms with Gasteiger partial charge in [0.2, 0.25) is 5.91 Å². The predicted molar refractivity (Wildman–Crippen MR) is 82.1 cm³/mol. The molecule has 1 aromatic carbocycles. The van der Waals surface area contributed by atoms with Crippen molar-refractivity contribution in [3.8, 4) is 0 Å². The van der Waals surface area contributed by atoms with Crippen molar-refractivity contribution < 1.29 is 13.9 Å². The van der Waals surface area contributed by atoms with Crippen LogP contribution in [-0.2, 0) is 16.0 Å². The van der Waals surface area contributed by atoms with E-state index >= 15 is 0 Å². The molecule has 1 atom stereocenters. The van der Waals surface area contributed by atoms with Gasteiger partial charge in [-0.3, -0.25) is 9.78 Å². The molecule has 1 heterocycles.